The molecule has 7 heteroatoms. The summed E-state index contributed by atoms with van der Waals surface area (Å²) < 4.78 is 11.3. The highest BCUT2D eigenvalue weighted by Crippen LogP contribution is 2.27. The maximum Gasteiger partial charge on any atom is 0.226 e. The van der Waals surface area contributed by atoms with Gasteiger partial charge in [0, 0.05) is 24.7 Å². The van der Waals surface area contributed by atoms with Crippen molar-refractivity contribution in [1.29, 1.82) is 0 Å². The van der Waals surface area contributed by atoms with E-state index in [0.717, 1.165) is 32.4 Å². The van der Waals surface area contributed by atoms with E-state index in [1.54, 1.807) is 18.2 Å². The van der Waals surface area contributed by atoms with Crippen molar-refractivity contribution in [3.8, 4) is 5.75 Å². The summed E-state index contributed by atoms with van der Waals surface area (Å²) in [6, 6.07) is 5.04. The number of nitrogens with two attached hydrogens (primary N) is 1. The standard InChI is InChI=1S/C17H24Cl2N2O3/c18-13-2-3-16(15(19)12-13)24-11-6-17(22)21-8-4-14(5-9-21)23-10-1-7-20/h2-3,12,14H,1,4-11,20H2. The lowest BCUT2D eigenvalue weighted by Crippen LogP contribution is -2.41. The number of amides is 1. The molecule has 0 saturated carbocycles. The first-order valence-corrected chi connectivity index (χ1v) is 9.03. The summed E-state index contributed by atoms with van der Waals surface area (Å²) in [6.07, 6.45) is 3.20. The van der Waals surface area contributed by atoms with Crippen LogP contribution in [0.5, 0.6) is 5.75 Å². The highest BCUT2D eigenvalue weighted by molar-refractivity contribution is 6.35. The van der Waals surface area contributed by atoms with Crippen LogP contribution < -0.4 is 10.5 Å². The predicted octanol–water partition coefficient (Wildman–Crippen LogP) is 3.12. The first-order valence-electron chi connectivity index (χ1n) is 8.27. The molecular formula is C17H24Cl2N2O3. The number of hydrogen-bond acceptors (Lipinski definition) is 4. The Morgan fingerprint density at radius 1 is 1.25 bits per heavy atom. The molecule has 1 saturated heterocycles. The smallest absolute Gasteiger partial charge is 0.226 e. The molecule has 0 atom stereocenters. The van der Waals surface area contributed by atoms with E-state index in [1.807, 2.05) is 4.90 Å². The summed E-state index contributed by atoms with van der Waals surface area (Å²) in [6.45, 7) is 3.11. The van der Waals surface area contributed by atoms with E-state index in [9.17, 15) is 4.79 Å². The van der Waals surface area contributed by atoms with Crippen LogP contribution in [0, 0.1) is 0 Å². The molecule has 1 aliphatic heterocycles. The van der Waals surface area contributed by atoms with Crippen LogP contribution in [0.25, 0.3) is 0 Å². The van der Waals surface area contributed by atoms with E-state index < -0.39 is 0 Å². The minimum absolute atomic E-state index is 0.0977. The first kappa shape index (κ1) is 19.3. The maximum absolute atomic E-state index is 12.2. The molecule has 5 nitrogen and oxygen atoms in total. The van der Waals surface area contributed by atoms with Gasteiger partial charge in [0.05, 0.1) is 24.2 Å². The van der Waals surface area contributed by atoms with Crippen LogP contribution in [-0.2, 0) is 9.53 Å². The highest BCUT2D eigenvalue weighted by atomic mass is 35.5. The fourth-order valence-electron chi connectivity index (χ4n) is 2.60. The van der Waals surface area contributed by atoms with Gasteiger partial charge in [-0.15, -0.1) is 0 Å². The average molecular weight is 375 g/mol. The molecule has 1 fully saturated rings. The minimum atomic E-state index is 0.0977. The summed E-state index contributed by atoms with van der Waals surface area (Å²) in [4.78, 5) is 14.1. The maximum atomic E-state index is 12.2. The fraction of sp³-hybridized carbons (Fsp3) is 0.588. The summed E-state index contributed by atoms with van der Waals surface area (Å²) in [5, 5.41) is 1.00. The number of nitrogens with zero attached hydrogens (tertiary/aromatic N) is 1. The van der Waals surface area contributed by atoms with E-state index in [1.165, 1.54) is 0 Å². The molecule has 0 aliphatic carbocycles. The Hall–Kier alpha value is -1.01. The van der Waals surface area contributed by atoms with Gasteiger partial charge in [-0.25, -0.2) is 0 Å². The van der Waals surface area contributed by atoms with Crippen molar-refractivity contribution in [1.82, 2.24) is 4.90 Å². The number of carbonyl (C=O) groups excluding carboxylic acids is 1. The van der Waals surface area contributed by atoms with Crippen LogP contribution in [0.2, 0.25) is 10.0 Å². The van der Waals surface area contributed by atoms with Crippen molar-refractivity contribution < 1.29 is 14.3 Å². The molecule has 134 valence electrons. The number of halogens is 2. The molecule has 1 aromatic carbocycles. The second kappa shape index (κ2) is 10.1. The molecule has 1 aliphatic rings. The highest BCUT2D eigenvalue weighted by Gasteiger charge is 2.22. The lowest BCUT2D eigenvalue weighted by Gasteiger charge is -2.32. The summed E-state index contributed by atoms with van der Waals surface area (Å²) in [7, 11) is 0. The Morgan fingerprint density at radius 2 is 2.00 bits per heavy atom. The molecule has 1 heterocycles. The van der Waals surface area contributed by atoms with Crippen LogP contribution in [0.1, 0.15) is 25.7 Å². The Morgan fingerprint density at radius 3 is 2.67 bits per heavy atom. The van der Waals surface area contributed by atoms with Gasteiger partial charge < -0.3 is 20.1 Å². The van der Waals surface area contributed by atoms with Gasteiger partial charge in [0.25, 0.3) is 0 Å². The molecule has 24 heavy (non-hydrogen) atoms. The zero-order valence-corrected chi connectivity index (χ0v) is 15.2. The summed E-state index contributed by atoms with van der Waals surface area (Å²) in [5.41, 5.74) is 5.45. The Labute approximate surface area is 153 Å². The van der Waals surface area contributed by atoms with E-state index in [-0.39, 0.29) is 12.0 Å². The SMILES string of the molecule is NCCCOC1CCN(C(=O)CCOc2ccc(Cl)cc2Cl)CC1. The third-order valence-corrected chi connectivity index (χ3v) is 4.49. The second-order valence-corrected chi connectivity index (χ2v) is 6.61. The summed E-state index contributed by atoms with van der Waals surface area (Å²) in [5.74, 6) is 0.640. The van der Waals surface area contributed by atoms with Crippen molar-refractivity contribution in [2.45, 2.75) is 31.8 Å². The van der Waals surface area contributed by atoms with Gasteiger partial charge in [0.15, 0.2) is 0 Å². The van der Waals surface area contributed by atoms with Crippen molar-refractivity contribution >= 4 is 29.1 Å². The summed E-state index contributed by atoms with van der Waals surface area (Å²) >= 11 is 11.9. The van der Waals surface area contributed by atoms with E-state index in [0.29, 0.717) is 42.0 Å². The molecule has 1 amide bonds. The molecule has 0 aromatic heterocycles. The minimum Gasteiger partial charge on any atom is -0.491 e. The lowest BCUT2D eigenvalue weighted by atomic mass is 10.1. The number of ether oxygens (including phenoxy) is 2. The second-order valence-electron chi connectivity index (χ2n) is 5.77. The normalized spacial score (nSPS) is 15.5. The first-order chi connectivity index (χ1) is 11.6. The number of hydrogen-bond donors (Lipinski definition) is 1. The molecule has 0 spiro atoms. The number of carbonyl (C=O) groups is 1. The van der Waals surface area contributed by atoms with Gasteiger partial charge in [-0.1, -0.05) is 23.2 Å². The van der Waals surface area contributed by atoms with Gasteiger partial charge in [0.1, 0.15) is 5.75 Å². The van der Waals surface area contributed by atoms with E-state index in [4.69, 9.17) is 38.4 Å². The van der Waals surface area contributed by atoms with Gasteiger partial charge >= 0.3 is 0 Å². The van der Waals surface area contributed by atoms with Crippen LogP contribution in [0.3, 0.4) is 0 Å². The fourth-order valence-corrected chi connectivity index (χ4v) is 3.07. The van der Waals surface area contributed by atoms with Crippen LogP contribution >= 0.6 is 23.2 Å². The zero-order valence-electron chi connectivity index (χ0n) is 13.7. The molecule has 2 N–H and O–H groups in total. The third-order valence-electron chi connectivity index (χ3n) is 3.96. The Balaban J connectivity index is 1.66. The molecule has 1 aromatic rings. The Bertz CT molecular complexity index is 535. The molecule has 2 rings (SSSR count). The van der Waals surface area contributed by atoms with E-state index >= 15 is 0 Å². The van der Waals surface area contributed by atoms with Crippen molar-refractivity contribution in [2.75, 3.05) is 32.8 Å². The molecule has 0 bridgehead atoms. The van der Waals surface area contributed by atoms with Crippen LogP contribution in [0.15, 0.2) is 18.2 Å². The topological polar surface area (TPSA) is 64.8 Å². The average Bonchev–Trinajstić information content (AvgIpc) is 2.57. The number of likely N-dealkylation sites (tertiary alicyclic amines) is 1. The monoisotopic (exact) mass is 374 g/mol. The van der Waals surface area contributed by atoms with Crippen molar-refractivity contribution in [2.24, 2.45) is 5.73 Å². The van der Waals surface area contributed by atoms with Crippen LogP contribution in [-0.4, -0.2) is 49.8 Å². The number of rotatable bonds is 8. The molecule has 0 unspecified atom stereocenters. The largest absolute Gasteiger partial charge is 0.491 e. The number of piperidine rings is 1. The predicted molar refractivity (Wildman–Crippen MR) is 95.8 cm³/mol. The van der Waals surface area contributed by atoms with E-state index in [2.05, 4.69) is 0 Å². The molecular weight excluding hydrogens is 351 g/mol. The van der Waals surface area contributed by atoms with Gasteiger partial charge in [0.2, 0.25) is 5.91 Å². The Kier molecular flexibility index (Phi) is 8.12. The third kappa shape index (κ3) is 6.13. The lowest BCUT2D eigenvalue weighted by molar-refractivity contribution is -0.134. The van der Waals surface area contributed by atoms with Crippen molar-refractivity contribution in [3.63, 3.8) is 0 Å². The van der Waals surface area contributed by atoms with Gasteiger partial charge in [-0.05, 0) is 44.0 Å². The van der Waals surface area contributed by atoms with Crippen molar-refractivity contribution in [3.05, 3.63) is 28.2 Å². The van der Waals surface area contributed by atoms with Crippen LogP contribution in [0.4, 0.5) is 0 Å². The number of benzene rings is 1. The zero-order chi connectivity index (χ0) is 17.4. The van der Waals surface area contributed by atoms with Gasteiger partial charge in [-0.2, -0.15) is 0 Å². The molecule has 0 radical (unpaired) electrons. The quantitative estimate of drug-likeness (QED) is 0.709. The van der Waals surface area contributed by atoms with Gasteiger partial charge in [-0.3, -0.25) is 4.79 Å².